The smallest absolute Gasteiger partial charge is 0.373 e. The van der Waals surface area contributed by atoms with Crippen molar-refractivity contribution in [2.75, 3.05) is 6.61 Å². The Kier molecular flexibility index (Phi) is 4.81. The predicted molar refractivity (Wildman–Crippen MR) is 104 cm³/mol. The van der Waals surface area contributed by atoms with Crippen LogP contribution in [0.4, 0.5) is 13.2 Å². The van der Waals surface area contributed by atoms with Crippen LogP contribution in [0.15, 0.2) is 36.8 Å². The summed E-state index contributed by atoms with van der Waals surface area (Å²) in [6, 6.07) is 4.74. The van der Waals surface area contributed by atoms with Gasteiger partial charge in [-0.05, 0) is 31.4 Å². The maximum atomic E-state index is 13.5. The van der Waals surface area contributed by atoms with E-state index in [-0.39, 0.29) is 24.8 Å². The Labute approximate surface area is 175 Å². The minimum Gasteiger partial charge on any atom is -0.373 e. The van der Waals surface area contributed by atoms with Gasteiger partial charge in [-0.2, -0.15) is 18.3 Å². The topological polar surface area (TPSA) is 74.0 Å². The number of nitrogens with one attached hydrogen (secondary N) is 1. The normalized spacial score (nSPS) is 18.4. The van der Waals surface area contributed by atoms with Crippen LogP contribution in [0.1, 0.15) is 51.9 Å². The number of ether oxygens (including phenoxy) is 1. The number of hydrogen-bond donors (Lipinski definition) is 1. The Morgan fingerprint density at radius 1 is 1.19 bits per heavy atom. The number of carbonyl (C=O) groups is 1. The molecule has 2 aliphatic heterocycles. The molecule has 3 aromatic rings. The third-order valence-corrected chi connectivity index (χ3v) is 5.77. The number of benzene rings is 1. The first-order chi connectivity index (χ1) is 14.9. The minimum atomic E-state index is -4.52. The van der Waals surface area contributed by atoms with Crippen LogP contribution in [0, 0.1) is 0 Å². The molecule has 2 aromatic heterocycles. The molecule has 1 N–H and O–H groups in total. The molecule has 0 saturated carbocycles. The molecule has 0 bridgehead atoms. The molecule has 0 radical (unpaired) electrons. The highest BCUT2D eigenvalue weighted by Crippen LogP contribution is 2.35. The van der Waals surface area contributed by atoms with E-state index < -0.39 is 17.8 Å². The lowest BCUT2D eigenvalue weighted by Gasteiger charge is -2.25. The van der Waals surface area contributed by atoms with Crippen LogP contribution in [0.25, 0.3) is 5.69 Å². The van der Waals surface area contributed by atoms with Gasteiger partial charge in [-0.3, -0.25) is 4.79 Å². The van der Waals surface area contributed by atoms with Crippen molar-refractivity contribution in [2.24, 2.45) is 0 Å². The first kappa shape index (κ1) is 19.8. The summed E-state index contributed by atoms with van der Waals surface area (Å²) >= 11 is 0. The van der Waals surface area contributed by atoms with Crippen molar-refractivity contribution in [3.63, 3.8) is 0 Å². The molecular weight excluding hydrogens is 411 g/mol. The van der Waals surface area contributed by atoms with E-state index in [1.54, 1.807) is 6.33 Å². The molecule has 0 aliphatic carbocycles. The molecule has 4 heterocycles. The summed E-state index contributed by atoms with van der Waals surface area (Å²) < 4.78 is 49.3. The summed E-state index contributed by atoms with van der Waals surface area (Å²) in [7, 11) is 0. The second kappa shape index (κ2) is 7.52. The quantitative estimate of drug-likeness (QED) is 0.690. The van der Waals surface area contributed by atoms with E-state index in [2.05, 4.69) is 15.4 Å². The van der Waals surface area contributed by atoms with Crippen molar-refractivity contribution in [1.82, 2.24) is 24.6 Å². The Morgan fingerprint density at radius 3 is 2.87 bits per heavy atom. The molecule has 31 heavy (non-hydrogen) atoms. The summed E-state index contributed by atoms with van der Waals surface area (Å²) in [6.45, 7) is 1.16. The number of para-hydroxylation sites is 1. The largest absolute Gasteiger partial charge is 0.418 e. The summed E-state index contributed by atoms with van der Waals surface area (Å²) in [6.07, 6.45) is 1.52. The number of alkyl halides is 3. The number of nitrogens with zero attached hydrogens (tertiary/aromatic N) is 4. The molecule has 1 amide bonds. The Balaban J connectivity index is 1.45. The molecular formula is C21H20F3N5O2. The molecule has 0 saturated heterocycles. The molecule has 1 aromatic carbocycles. The Morgan fingerprint density at radius 2 is 2.03 bits per heavy atom. The third-order valence-electron chi connectivity index (χ3n) is 5.77. The van der Waals surface area contributed by atoms with E-state index >= 15 is 0 Å². The van der Waals surface area contributed by atoms with Crippen molar-refractivity contribution in [3.05, 3.63) is 65.0 Å². The summed E-state index contributed by atoms with van der Waals surface area (Å²) in [5.41, 5.74) is 1.58. The molecule has 162 valence electrons. The predicted octanol–water partition coefficient (Wildman–Crippen LogP) is 3.43. The fourth-order valence-corrected chi connectivity index (χ4v) is 4.26. The first-order valence-electron chi connectivity index (χ1n) is 10.1. The summed E-state index contributed by atoms with van der Waals surface area (Å²) in [5.74, 6) is -0.319. The first-order valence-corrected chi connectivity index (χ1v) is 10.1. The molecule has 0 fully saturated rings. The number of halogens is 3. The average molecular weight is 431 g/mol. The molecule has 5 rings (SSSR count). The lowest BCUT2D eigenvalue weighted by atomic mass is 10.0. The van der Waals surface area contributed by atoms with Crippen molar-refractivity contribution in [3.8, 4) is 5.69 Å². The van der Waals surface area contributed by atoms with Crippen molar-refractivity contribution >= 4 is 5.91 Å². The van der Waals surface area contributed by atoms with Crippen LogP contribution < -0.4 is 5.32 Å². The molecule has 7 nitrogen and oxygen atoms in total. The fraction of sp³-hybridized carbons (Fsp3) is 0.381. The van der Waals surface area contributed by atoms with Gasteiger partial charge in [0.1, 0.15) is 5.69 Å². The number of aromatic nitrogens is 4. The maximum Gasteiger partial charge on any atom is 0.418 e. The monoisotopic (exact) mass is 431 g/mol. The van der Waals surface area contributed by atoms with Gasteiger partial charge in [0.25, 0.3) is 5.91 Å². The number of fused-ring (bicyclic) bond motifs is 2. The van der Waals surface area contributed by atoms with Gasteiger partial charge >= 0.3 is 6.18 Å². The van der Waals surface area contributed by atoms with Crippen molar-refractivity contribution < 1.29 is 22.7 Å². The van der Waals surface area contributed by atoms with E-state index in [4.69, 9.17) is 4.74 Å². The highest BCUT2D eigenvalue weighted by atomic mass is 19.4. The SMILES string of the molecule is O=C(NC1COCc2c1cnn2-c1ccccc1C(F)(F)F)c1ncn2c1CCCC2. The van der Waals surface area contributed by atoms with Gasteiger partial charge in [0.15, 0.2) is 0 Å². The van der Waals surface area contributed by atoms with E-state index in [9.17, 15) is 18.0 Å². The highest BCUT2D eigenvalue weighted by Gasteiger charge is 2.36. The number of imidazole rings is 1. The van der Waals surface area contributed by atoms with Crippen LogP contribution in [-0.2, 0) is 30.5 Å². The van der Waals surface area contributed by atoms with Gasteiger partial charge in [0.2, 0.25) is 0 Å². The number of aryl methyl sites for hydroxylation is 1. The zero-order valence-corrected chi connectivity index (χ0v) is 16.5. The van der Waals surface area contributed by atoms with Crippen LogP contribution in [-0.4, -0.2) is 31.8 Å². The summed E-state index contributed by atoms with van der Waals surface area (Å²) in [4.78, 5) is 17.2. The molecule has 1 unspecified atom stereocenters. The van der Waals surface area contributed by atoms with E-state index in [1.165, 1.54) is 29.1 Å². The van der Waals surface area contributed by atoms with Crippen LogP contribution in [0.3, 0.4) is 0 Å². The zero-order chi connectivity index (χ0) is 21.6. The Hall–Kier alpha value is -3.14. The highest BCUT2D eigenvalue weighted by molar-refractivity contribution is 5.93. The zero-order valence-electron chi connectivity index (χ0n) is 16.5. The van der Waals surface area contributed by atoms with Crippen LogP contribution in [0.2, 0.25) is 0 Å². The summed E-state index contributed by atoms with van der Waals surface area (Å²) in [5, 5.41) is 7.12. The third kappa shape index (κ3) is 3.50. The fourth-order valence-electron chi connectivity index (χ4n) is 4.26. The molecule has 1 atom stereocenters. The van der Waals surface area contributed by atoms with Crippen LogP contribution >= 0.6 is 0 Å². The molecule has 2 aliphatic rings. The van der Waals surface area contributed by atoms with Crippen LogP contribution in [0.5, 0.6) is 0 Å². The van der Waals surface area contributed by atoms with Crippen molar-refractivity contribution in [2.45, 2.75) is 44.6 Å². The molecule has 0 spiro atoms. The average Bonchev–Trinajstić information content (AvgIpc) is 3.38. The van der Waals surface area contributed by atoms with E-state index in [0.717, 1.165) is 37.6 Å². The lowest BCUT2D eigenvalue weighted by Crippen LogP contribution is -2.35. The van der Waals surface area contributed by atoms with E-state index in [0.29, 0.717) is 17.0 Å². The number of rotatable bonds is 3. The lowest BCUT2D eigenvalue weighted by molar-refractivity contribution is -0.137. The second-order valence-corrected chi connectivity index (χ2v) is 7.70. The molecule has 10 heteroatoms. The van der Waals surface area contributed by atoms with E-state index in [1.807, 2.05) is 4.57 Å². The Bertz CT molecular complexity index is 1130. The minimum absolute atomic E-state index is 0.0741. The van der Waals surface area contributed by atoms with Gasteiger partial charge in [0, 0.05) is 12.1 Å². The number of carbonyl (C=O) groups excluding carboxylic acids is 1. The number of hydrogen-bond acceptors (Lipinski definition) is 4. The van der Waals surface area contributed by atoms with Gasteiger partial charge in [-0.15, -0.1) is 0 Å². The maximum absolute atomic E-state index is 13.5. The van der Waals surface area contributed by atoms with Gasteiger partial charge in [0.05, 0.1) is 54.4 Å². The number of amides is 1. The van der Waals surface area contributed by atoms with Gasteiger partial charge in [-0.25, -0.2) is 9.67 Å². The van der Waals surface area contributed by atoms with Gasteiger partial charge in [-0.1, -0.05) is 12.1 Å². The van der Waals surface area contributed by atoms with Crippen molar-refractivity contribution in [1.29, 1.82) is 0 Å². The van der Waals surface area contributed by atoms with Gasteiger partial charge < -0.3 is 14.6 Å². The second-order valence-electron chi connectivity index (χ2n) is 7.70. The standard InChI is InChI=1S/C21H20F3N5O2/c22-21(23,24)14-5-1-2-6-16(14)29-18-11-31-10-15(13(18)9-26-29)27-20(30)19-17-7-3-4-8-28(17)12-25-19/h1-2,5-6,9,12,15H,3-4,7-8,10-11H2,(H,27,30).